The standard InChI is InChI=1S/C4H8N2O3/c5-4(9)6-3(1-7)2-8/h7-8H,1-2H2,(H2,5,9). The molecule has 52 valence electrons. The quantitative estimate of drug-likeness (QED) is 0.398. The van der Waals surface area contributed by atoms with E-state index in [1.165, 1.54) is 0 Å². The van der Waals surface area contributed by atoms with E-state index < -0.39 is 19.2 Å². The molecule has 9 heavy (non-hydrogen) atoms. The number of hydrogen-bond acceptors (Lipinski definition) is 3. The van der Waals surface area contributed by atoms with E-state index in [1.54, 1.807) is 0 Å². The van der Waals surface area contributed by atoms with Gasteiger partial charge in [-0.25, -0.2) is 4.79 Å². The second-order valence-corrected chi connectivity index (χ2v) is 1.33. The van der Waals surface area contributed by atoms with Crippen molar-refractivity contribution in [3.05, 3.63) is 0 Å². The van der Waals surface area contributed by atoms with Gasteiger partial charge < -0.3 is 15.9 Å². The van der Waals surface area contributed by atoms with E-state index in [0.29, 0.717) is 0 Å². The first-order valence-corrected chi connectivity index (χ1v) is 2.28. The lowest BCUT2D eigenvalue weighted by molar-refractivity contribution is 0.255. The van der Waals surface area contributed by atoms with Crippen molar-refractivity contribution in [3.8, 4) is 0 Å². The van der Waals surface area contributed by atoms with Crippen molar-refractivity contribution in [1.82, 2.24) is 0 Å². The van der Waals surface area contributed by atoms with E-state index in [9.17, 15) is 4.79 Å². The summed E-state index contributed by atoms with van der Waals surface area (Å²) in [5.74, 6) is 0. The van der Waals surface area contributed by atoms with Crippen LogP contribution in [0, 0.1) is 0 Å². The summed E-state index contributed by atoms with van der Waals surface area (Å²) in [4.78, 5) is 13.0. The average molecular weight is 132 g/mol. The molecule has 0 aliphatic carbocycles. The van der Waals surface area contributed by atoms with Crippen molar-refractivity contribution in [1.29, 1.82) is 0 Å². The third kappa shape index (κ3) is 3.63. The molecule has 0 aliphatic heterocycles. The van der Waals surface area contributed by atoms with Crippen LogP contribution in [0.2, 0.25) is 0 Å². The van der Waals surface area contributed by atoms with E-state index in [1.807, 2.05) is 0 Å². The smallest absolute Gasteiger partial charge is 0.338 e. The highest BCUT2D eigenvalue weighted by Crippen LogP contribution is 1.75. The molecule has 0 aromatic carbocycles. The van der Waals surface area contributed by atoms with Crippen molar-refractivity contribution < 1.29 is 15.0 Å². The van der Waals surface area contributed by atoms with Gasteiger partial charge >= 0.3 is 6.03 Å². The summed E-state index contributed by atoms with van der Waals surface area (Å²) >= 11 is 0. The van der Waals surface area contributed by atoms with E-state index in [-0.39, 0.29) is 5.71 Å². The summed E-state index contributed by atoms with van der Waals surface area (Å²) in [5.41, 5.74) is 4.57. The second-order valence-electron chi connectivity index (χ2n) is 1.33. The third-order valence-electron chi connectivity index (χ3n) is 0.633. The topological polar surface area (TPSA) is 95.9 Å². The fraction of sp³-hybridized carbons (Fsp3) is 0.500. The summed E-state index contributed by atoms with van der Waals surface area (Å²) in [6.07, 6.45) is 0. The molecular formula is C4H8N2O3. The highest BCUT2D eigenvalue weighted by atomic mass is 16.3. The molecule has 0 aliphatic rings. The number of rotatable bonds is 2. The van der Waals surface area contributed by atoms with Crippen LogP contribution in [-0.4, -0.2) is 35.2 Å². The first-order valence-electron chi connectivity index (χ1n) is 2.28. The number of aliphatic hydroxyl groups excluding tert-OH is 2. The molecule has 4 N–H and O–H groups in total. The number of aliphatic hydroxyl groups is 2. The lowest BCUT2D eigenvalue weighted by Crippen LogP contribution is -2.15. The maximum Gasteiger partial charge on any atom is 0.338 e. The van der Waals surface area contributed by atoms with Gasteiger partial charge in [-0.3, -0.25) is 0 Å². The number of amides is 2. The van der Waals surface area contributed by atoms with Gasteiger partial charge in [0.25, 0.3) is 0 Å². The van der Waals surface area contributed by atoms with E-state index in [0.717, 1.165) is 0 Å². The number of carbonyl (C=O) groups is 1. The molecule has 0 aromatic rings. The minimum atomic E-state index is -0.909. The van der Waals surface area contributed by atoms with E-state index >= 15 is 0 Å². The van der Waals surface area contributed by atoms with E-state index in [4.69, 9.17) is 10.2 Å². The number of nitrogens with zero attached hydrogens (tertiary/aromatic N) is 1. The normalized spacial score (nSPS) is 8.67. The van der Waals surface area contributed by atoms with Gasteiger partial charge in [0.15, 0.2) is 0 Å². The van der Waals surface area contributed by atoms with Gasteiger partial charge in [0.2, 0.25) is 0 Å². The van der Waals surface area contributed by atoms with Crippen LogP contribution in [0.3, 0.4) is 0 Å². The Morgan fingerprint density at radius 3 is 2.00 bits per heavy atom. The van der Waals surface area contributed by atoms with Gasteiger partial charge in [0.05, 0.1) is 18.9 Å². The van der Waals surface area contributed by atoms with Crippen LogP contribution in [0.1, 0.15) is 0 Å². The third-order valence-corrected chi connectivity index (χ3v) is 0.633. The predicted molar refractivity (Wildman–Crippen MR) is 31.2 cm³/mol. The van der Waals surface area contributed by atoms with Crippen molar-refractivity contribution >= 4 is 11.7 Å². The molecule has 0 radical (unpaired) electrons. The second kappa shape index (κ2) is 3.99. The summed E-state index contributed by atoms with van der Waals surface area (Å²) in [5, 5.41) is 16.6. The van der Waals surface area contributed by atoms with Gasteiger partial charge in [0, 0.05) is 0 Å². The van der Waals surface area contributed by atoms with Crippen molar-refractivity contribution in [3.63, 3.8) is 0 Å². The average Bonchev–Trinajstić information content (AvgIpc) is 1.82. The van der Waals surface area contributed by atoms with Crippen LogP contribution in [0.25, 0.3) is 0 Å². The first-order chi connectivity index (χ1) is 4.20. The minimum Gasteiger partial charge on any atom is -0.390 e. The number of urea groups is 1. The van der Waals surface area contributed by atoms with Crippen molar-refractivity contribution in [2.75, 3.05) is 13.2 Å². The highest BCUT2D eigenvalue weighted by molar-refractivity contribution is 5.95. The summed E-state index contributed by atoms with van der Waals surface area (Å²) in [6.45, 7) is -0.890. The largest absolute Gasteiger partial charge is 0.390 e. The lowest BCUT2D eigenvalue weighted by Gasteiger charge is -1.92. The lowest BCUT2D eigenvalue weighted by atomic mass is 10.4. The van der Waals surface area contributed by atoms with Gasteiger partial charge in [-0.05, 0) is 0 Å². The molecular weight excluding hydrogens is 124 g/mol. The molecule has 0 saturated carbocycles. The molecule has 0 spiro atoms. The van der Waals surface area contributed by atoms with Crippen LogP contribution >= 0.6 is 0 Å². The number of nitrogens with two attached hydrogens (primary N) is 1. The number of carbonyl (C=O) groups excluding carboxylic acids is 1. The predicted octanol–water partition coefficient (Wildman–Crippen LogP) is -1.51. The summed E-state index contributed by atoms with van der Waals surface area (Å²) in [6, 6.07) is -0.909. The molecule has 0 unspecified atom stereocenters. The zero-order chi connectivity index (χ0) is 7.28. The first kappa shape index (κ1) is 8.06. The number of aliphatic imine (C=N–C) groups is 1. The van der Waals surface area contributed by atoms with Crippen molar-refractivity contribution in [2.24, 2.45) is 10.7 Å². The molecule has 0 atom stereocenters. The van der Waals surface area contributed by atoms with Gasteiger partial charge in [-0.2, -0.15) is 4.99 Å². The maximum atomic E-state index is 9.94. The van der Waals surface area contributed by atoms with Crippen LogP contribution in [-0.2, 0) is 0 Å². The Labute approximate surface area is 51.8 Å². The van der Waals surface area contributed by atoms with Gasteiger partial charge in [-0.1, -0.05) is 0 Å². The zero-order valence-corrected chi connectivity index (χ0v) is 4.74. The Morgan fingerprint density at radius 2 is 1.89 bits per heavy atom. The van der Waals surface area contributed by atoms with Gasteiger partial charge in [-0.15, -0.1) is 0 Å². The molecule has 5 nitrogen and oxygen atoms in total. The molecule has 0 aromatic heterocycles. The summed E-state index contributed by atoms with van der Waals surface area (Å²) < 4.78 is 0. The fourth-order valence-electron chi connectivity index (χ4n) is 0.277. The highest BCUT2D eigenvalue weighted by Gasteiger charge is 1.95. The van der Waals surface area contributed by atoms with Crippen LogP contribution in [0.5, 0.6) is 0 Å². The maximum absolute atomic E-state index is 9.94. The van der Waals surface area contributed by atoms with Crippen LogP contribution in [0.4, 0.5) is 4.79 Å². The molecule has 0 saturated heterocycles. The Bertz CT molecular complexity index is 126. The van der Waals surface area contributed by atoms with Crippen LogP contribution in [0.15, 0.2) is 4.99 Å². The Morgan fingerprint density at radius 1 is 1.44 bits per heavy atom. The van der Waals surface area contributed by atoms with Gasteiger partial charge in [0.1, 0.15) is 0 Å². The monoisotopic (exact) mass is 132 g/mol. The Hall–Kier alpha value is -0.940. The molecule has 0 rings (SSSR count). The van der Waals surface area contributed by atoms with E-state index in [2.05, 4.69) is 10.7 Å². The SMILES string of the molecule is NC(=O)N=C(CO)CO. The minimum absolute atomic E-state index is 0.0255. The Kier molecular flexibility index (Phi) is 3.57. The molecule has 0 heterocycles. The fourth-order valence-corrected chi connectivity index (χ4v) is 0.277. The van der Waals surface area contributed by atoms with Crippen LogP contribution < -0.4 is 5.73 Å². The molecule has 0 fully saturated rings. The molecule has 2 amide bonds. The molecule has 0 bridgehead atoms. The summed E-state index contributed by atoms with van der Waals surface area (Å²) in [7, 11) is 0. The zero-order valence-electron chi connectivity index (χ0n) is 4.74. The molecule has 5 heteroatoms. The number of primary amides is 1. The number of hydrogen-bond donors (Lipinski definition) is 3. The Balaban J connectivity index is 3.91. The van der Waals surface area contributed by atoms with Crippen molar-refractivity contribution in [2.45, 2.75) is 0 Å².